The largest absolute Gasteiger partial charge is 0.433 e. The van der Waals surface area contributed by atoms with E-state index in [1.165, 1.54) is 18.2 Å². The van der Waals surface area contributed by atoms with Gasteiger partial charge in [0.2, 0.25) is 5.91 Å². The van der Waals surface area contributed by atoms with Crippen molar-refractivity contribution >= 4 is 23.2 Å². The van der Waals surface area contributed by atoms with Crippen LogP contribution < -0.4 is 10.1 Å². The molecule has 1 unspecified atom stereocenters. The van der Waals surface area contributed by atoms with Crippen molar-refractivity contribution in [2.75, 3.05) is 38.5 Å². The number of amides is 1. The molecule has 0 saturated carbocycles. The molecule has 1 heterocycles. The van der Waals surface area contributed by atoms with E-state index in [-0.39, 0.29) is 22.7 Å². The lowest BCUT2D eigenvalue weighted by Gasteiger charge is -2.26. The average Bonchev–Trinajstić information content (AvgIpc) is 2.73. The van der Waals surface area contributed by atoms with E-state index in [0.717, 1.165) is 32.6 Å². The van der Waals surface area contributed by atoms with Gasteiger partial charge in [-0.2, -0.15) is 8.78 Å². The number of carbonyl (C=O) groups is 1. The molecule has 1 aromatic carbocycles. The number of benzene rings is 1. The van der Waals surface area contributed by atoms with E-state index in [4.69, 9.17) is 11.6 Å². The van der Waals surface area contributed by atoms with Crippen molar-refractivity contribution in [2.24, 2.45) is 0 Å². The third-order valence-corrected chi connectivity index (χ3v) is 4.39. The molecule has 0 bridgehead atoms. The monoisotopic (exact) mass is 361 g/mol. The van der Waals surface area contributed by atoms with Gasteiger partial charge >= 0.3 is 6.61 Å². The first-order chi connectivity index (χ1) is 11.4. The number of halogens is 3. The van der Waals surface area contributed by atoms with E-state index in [2.05, 4.69) is 26.9 Å². The second-order valence-electron chi connectivity index (χ2n) is 5.88. The van der Waals surface area contributed by atoms with Gasteiger partial charge in [-0.25, -0.2) is 0 Å². The van der Waals surface area contributed by atoms with Gasteiger partial charge in [0.1, 0.15) is 5.75 Å². The molecule has 1 amide bonds. The summed E-state index contributed by atoms with van der Waals surface area (Å²) in [6, 6.07) is 3.92. The van der Waals surface area contributed by atoms with E-state index < -0.39 is 6.61 Å². The lowest BCUT2D eigenvalue weighted by Crippen LogP contribution is -2.43. The molecule has 2 rings (SSSR count). The van der Waals surface area contributed by atoms with E-state index in [1.807, 2.05) is 6.92 Å². The van der Waals surface area contributed by atoms with Crippen LogP contribution in [0.5, 0.6) is 5.75 Å². The second-order valence-corrected chi connectivity index (χ2v) is 6.29. The molecule has 1 N–H and O–H groups in total. The maximum absolute atomic E-state index is 12.4. The summed E-state index contributed by atoms with van der Waals surface area (Å²) >= 11 is 5.90. The smallest absolute Gasteiger partial charge is 0.387 e. The Kier molecular flexibility index (Phi) is 6.77. The first-order valence-electron chi connectivity index (χ1n) is 7.84. The molecule has 1 aliphatic rings. The molecule has 0 aliphatic carbocycles. The predicted molar refractivity (Wildman–Crippen MR) is 89.9 cm³/mol. The highest BCUT2D eigenvalue weighted by Gasteiger charge is 2.23. The van der Waals surface area contributed by atoms with Gasteiger partial charge < -0.3 is 15.0 Å². The number of anilines is 1. The summed E-state index contributed by atoms with van der Waals surface area (Å²) in [5, 5.41) is 2.80. The molecule has 5 nitrogen and oxygen atoms in total. The fraction of sp³-hybridized carbons (Fsp3) is 0.562. The number of hydrogen-bond acceptors (Lipinski definition) is 4. The highest BCUT2D eigenvalue weighted by atomic mass is 35.5. The maximum Gasteiger partial charge on any atom is 0.387 e. The zero-order valence-electron chi connectivity index (χ0n) is 13.8. The molecule has 8 heteroatoms. The molecule has 0 radical (unpaired) electrons. The number of likely N-dealkylation sites (N-methyl/N-ethyl adjacent to an activating group) is 1. The Morgan fingerprint density at radius 1 is 1.29 bits per heavy atom. The van der Waals surface area contributed by atoms with Crippen molar-refractivity contribution < 1.29 is 18.3 Å². The number of ether oxygens (including phenoxy) is 1. The molecule has 1 aromatic rings. The highest BCUT2D eigenvalue weighted by molar-refractivity contribution is 6.32. The zero-order chi connectivity index (χ0) is 17.7. The Hall–Kier alpha value is -1.44. The minimum atomic E-state index is -2.94. The molecule has 1 aliphatic heterocycles. The van der Waals surface area contributed by atoms with Crippen LogP contribution in [0.15, 0.2) is 18.2 Å². The van der Waals surface area contributed by atoms with E-state index in [9.17, 15) is 13.6 Å². The molecule has 24 heavy (non-hydrogen) atoms. The fourth-order valence-electron chi connectivity index (χ4n) is 2.64. The lowest BCUT2D eigenvalue weighted by atomic mass is 10.2. The van der Waals surface area contributed by atoms with Gasteiger partial charge in [-0.15, -0.1) is 0 Å². The first-order valence-corrected chi connectivity index (χ1v) is 8.22. The fourth-order valence-corrected chi connectivity index (χ4v) is 2.86. The number of carbonyl (C=O) groups excluding carboxylic acids is 1. The van der Waals surface area contributed by atoms with Gasteiger partial charge in [0.25, 0.3) is 0 Å². The van der Waals surface area contributed by atoms with Crippen LogP contribution in [0.25, 0.3) is 0 Å². The Bertz CT molecular complexity index is 574. The van der Waals surface area contributed by atoms with Crippen molar-refractivity contribution in [1.82, 2.24) is 9.80 Å². The summed E-state index contributed by atoms with van der Waals surface area (Å²) < 4.78 is 28.7. The average molecular weight is 362 g/mol. The molecule has 1 saturated heterocycles. The van der Waals surface area contributed by atoms with Gasteiger partial charge in [0, 0.05) is 25.3 Å². The minimum Gasteiger partial charge on any atom is -0.433 e. The van der Waals surface area contributed by atoms with Crippen LogP contribution in [-0.2, 0) is 4.79 Å². The summed E-state index contributed by atoms with van der Waals surface area (Å²) in [5.41, 5.74) is 0.449. The summed E-state index contributed by atoms with van der Waals surface area (Å²) in [5.74, 6) is -0.272. The third-order valence-electron chi connectivity index (χ3n) is 4.10. The van der Waals surface area contributed by atoms with Crippen LogP contribution in [0, 0.1) is 0 Å². The topological polar surface area (TPSA) is 44.8 Å². The Morgan fingerprint density at radius 3 is 2.71 bits per heavy atom. The van der Waals surface area contributed by atoms with Gasteiger partial charge in [-0.3, -0.25) is 9.69 Å². The van der Waals surface area contributed by atoms with Crippen LogP contribution >= 0.6 is 11.6 Å². The van der Waals surface area contributed by atoms with Gasteiger partial charge in [-0.1, -0.05) is 11.6 Å². The van der Waals surface area contributed by atoms with Crippen LogP contribution in [0.2, 0.25) is 5.02 Å². The van der Waals surface area contributed by atoms with E-state index in [1.54, 1.807) is 0 Å². The van der Waals surface area contributed by atoms with Crippen molar-refractivity contribution in [1.29, 1.82) is 0 Å². The number of nitrogens with zero attached hydrogens (tertiary/aromatic N) is 2. The number of rotatable bonds is 5. The number of alkyl halides is 2. The van der Waals surface area contributed by atoms with Crippen molar-refractivity contribution in [3.63, 3.8) is 0 Å². The first kappa shape index (κ1) is 18.9. The van der Waals surface area contributed by atoms with Crippen molar-refractivity contribution in [3.05, 3.63) is 23.2 Å². The van der Waals surface area contributed by atoms with Crippen LogP contribution in [-0.4, -0.2) is 61.6 Å². The van der Waals surface area contributed by atoms with Crippen LogP contribution in [0.1, 0.15) is 13.3 Å². The van der Waals surface area contributed by atoms with Gasteiger partial charge in [0.15, 0.2) is 0 Å². The summed E-state index contributed by atoms with van der Waals surface area (Å²) in [4.78, 5) is 16.8. The lowest BCUT2D eigenvalue weighted by molar-refractivity contribution is -0.120. The van der Waals surface area contributed by atoms with E-state index in [0.29, 0.717) is 5.69 Å². The maximum atomic E-state index is 12.4. The number of nitrogens with one attached hydrogen (secondary N) is 1. The minimum absolute atomic E-state index is 0.0251. The molecule has 1 atom stereocenters. The van der Waals surface area contributed by atoms with Crippen LogP contribution in [0.4, 0.5) is 14.5 Å². The number of hydrogen-bond donors (Lipinski definition) is 1. The van der Waals surface area contributed by atoms with E-state index >= 15 is 0 Å². The molecule has 1 fully saturated rings. The normalized spacial score (nSPS) is 18.2. The molecular formula is C16H22ClF2N3O2. The zero-order valence-corrected chi connectivity index (χ0v) is 14.5. The summed E-state index contributed by atoms with van der Waals surface area (Å²) in [7, 11) is 2.07. The molecule has 0 spiro atoms. The van der Waals surface area contributed by atoms with Crippen LogP contribution in [0.3, 0.4) is 0 Å². The molecule has 134 valence electrons. The quantitative estimate of drug-likeness (QED) is 0.876. The van der Waals surface area contributed by atoms with Gasteiger partial charge in [0.05, 0.1) is 11.1 Å². The SMILES string of the molecule is CC(C(=O)Nc1ccc(OC(F)F)c(Cl)c1)N1CCCN(C)CC1. The highest BCUT2D eigenvalue weighted by Crippen LogP contribution is 2.29. The Balaban J connectivity index is 1.97. The Labute approximate surface area is 145 Å². The standard InChI is InChI=1S/C16H22ClF2N3O2/c1-11(22-7-3-6-21(2)8-9-22)15(23)20-12-4-5-14(13(17)10-12)24-16(18)19/h4-5,10-11,16H,3,6-9H2,1-2H3,(H,20,23). The predicted octanol–water partition coefficient (Wildman–Crippen LogP) is 2.91. The van der Waals surface area contributed by atoms with Gasteiger partial charge in [-0.05, 0) is 45.1 Å². The van der Waals surface area contributed by atoms with Crippen molar-refractivity contribution in [2.45, 2.75) is 26.0 Å². The molecule has 0 aromatic heterocycles. The summed E-state index contributed by atoms with van der Waals surface area (Å²) in [6.45, 7) is 2.55. The summed E-state index contributed by atoms with van der Waals surface area (Å²) in [6.07, 6.45) is 1.01. The van der Waals surface area contributed by atoms with Crippen molar-refractivity contribution in [3.8, 4) is 5.75 Å². The molecular weight excluding hydrogens is 340 g/mol. The third kappa shape index (κ3) is 5.29. The Morgan fingerprint density at radius 2 is 2.04 bits per heavy atom. The second kappa shape index (κ2) is 8.60.